The highest BCUT2D eigenvalue weighted by Crippen LogP contribution is 2.39. The fourth-order valence-corrected chi connectivity index (χ4v) is 5.33. The third-order valence-corrected chi connectivity index (χ3v) is 7.15. The lowest BCUT2D eigenvalue weighted by Crippen LogP contribution is -2.51. The van der Waals surface area contributed by atoms with Gasteiger partial charge in [0.15, 0.2) is 0 Å². The molecule has 2 amide bonds. The summed E-state index contributed by atoms with van der Waals surface area (Å²) in [5.41, 5.74) is 3.57. The summed E-state index contributed by atoms with van der Waals surface area (Å²) in [4.78, 5) is 34.7. The minimum absolute atomic E-state index is 0.144. The molecule has 1 N–H and O–H groups in total. The zero-order valence-electron chi connectivity index (χ0n) is 17.7. The van der Waals surface area contributed by atoms with E-state index in [0.717, 1.165) is 44.1 Å². The number of pyridine rings is 1. The van der Waals surface area contributed by atoms with Crippen LogP contribution in [0.15, 0.2) is 36.5 Å². The number of thiol groups is 1. The van der Waals surface area contributed by atoms with Crippen LogP contribution < -0.4 is 10.2 Å². The van der Waals surface area contributed by atoms with Crippen LogP contribution >= 0.6 is 12.6 Å². The van der Waals surface area contributed by atoms with Gasteiger partial charge in [-0.1, -0.05) is 18.2 Å². The lowest BCUT2D eigenvalue weighted by molar-refractivity contribution is -0.137. The standard InChI is InChI=1S/C23H26FN5O2S/c24-17-2-5-20(25-12-17)28-9-7-27(8-10-28)13-15-1-3-18-16(11-15)14-29(23(18)32)19-4-6-21(30)26-22(19)31/h1-3,5,11-12,19,23,32H,4,6-10,13-14H2,(H,26,30,31). The van der Waals surface area contributed by atoms with Gasteiger partial charge < -0.3 is 4.90 Å². The summed E-state index contributed by atoms with van der Waals surface area (Å²) in [6.45, 7) is 5.04. The van der Waals surface area contributed by atoms with Gasteiger partial charge in [0, 0.05) is 45.7 Å². The Balaban J connectivity index is 1.20. The monoisotopic (exact) mass is 455 g/mol. The first kappa shape index (κ1) is 21.4. The number of carbonyl (C=O) groups is 2. The van der Waals surface area contributed by atoms with Crippen molar-refractivity contribution in [2.45, 2.75) is 37.3 Å². The first-order valence-electron chi connectivity index (χ1n) is 11.0. The zero-order valence-corrected chi connectivity index (χ0v) is 18.6. The number of halogens is 1. The van der Waals surface area contributed by atoms with Crippen LogP contribution in [-0.4, -0.2) is 58.8 Å². The number of benzene rings is 1. The summed E-state index contributed by atoms with van der Waals surface area (Å²) in [6, 6.07) is 9.34. The molecule has 2 atom stereocenters. The second-order valence-corrected chi connectivity index (χ2v) is 9.13. The number of hydrogen-bond donors (Lipinski definition) is 2. The van der Waals surface area contributed by atoms with E-state index in [1.807, 2.05) is 0 Å². The number of anilines is 1. The maximum absolute atomic E-state index is 13.1. The lowest BCUT2D eigenvalue weighted by atomic mass is 10.0. The highest BCUT2D eigenvalue weighted by atomic mass is 32.1. The van der Waals surface area contributed by atoms with Crippen LogP contribution in [0.1, 0.15) is 34.9 Å². The van der Waals surface area contributed by atoms with Gasteiger partial charge in [0.25, 0.3) is 0 Å². The number of piperazine rings is 1. The Kier molecular flexibility index (Phi) is 5.88. The smallest absolute Gasteiger partial charge is 0.243 e. The van der Waals surface area contributed by atoms with Crippen molar-refractivity contribution in [1.82, 2.24) is 20.1 Å². The molecule has 7 nitrogen and oxygen atoms in total. The van der Waals surface area contributed by atoms with E-state index in [1.54, 1.807) is 6.07 Å². The van der Waals surface area contributed by atoms with Crippen molar-refractivity contribution < 1.29 is 14.0 Å². The molecular weight excluding hydrogens is 429 g/mol. The zero-order chi connectivity index (χ0) is 22.2. The van der Waals surface area contributed by atoms with Crippen LogP contribution in [0.25, 0.3) is 0 Å². The number of piperidine rings is 1. The number of aromatic nitrogens is 1. The first-order chi connectivity index (χ1) is 15.5. The van der Waals surface area contributed by atoms with Crippen LogP contribution in [0.2, 0.25) is 0 Å². The summed E-state index contributed by atoms with van der Waals surface area (Å²) in [7, 11) is 0. The number of nitrogens with one attached hydrogen (secondary N) is 1. The fraction of sp³-hybridized carbons (Fsp3) is 0.435. The fourth-order valence-electron chi connectivity index (χ4n) is 4.84. The van der Waals surface area contributed by atoms with Gasteiger partial charge in [-0.25, -0.2) is 9.37 Å². The molecule has 2 aromatic rings. The molecule has 0 aliphatic carbocycles. The average molecular weight is 456 g/mol. The molecule has 4 heterocycles. The van der Waals surface area contributed by atoms with Gasteiger partial charge in [-0.2, -0.15) is 12.6 Å². The number of rotatable bonds is 4. The molecule has 2 fully saturated rings. The molecule has 0 radical (unpaired) electrons. The van der Waals surface area contributed by atoms with E-state index in [-0.39, 0.29) is 29.0 Å². The quantitative estimate of drug-likeness (QED) is 0.544. The molecule has 1 aromatic carbocycles. The van der Waals surface area contributed by atoms with Crippen molar-refractivity contribution in [3.8, 4) is 0 Å². The van der Waals surface area contributed by atoms with Gasteiger partial charge in [0.2, 0.25) is 11.8 Å². The minimum atomic E-state index is -0.320. The number of carbonyl (C=O) groups excluding carboxylic acids is 2. The van der Waals surface area contributed by atoms with Gasteiger partial charge in [-0.15, -0.1) is 0 Å². The van der Waals surface area contributed by atoms with E-state index in [0.29, 0.717) is 19.4 Å². The summed E-state index contributed by atoms with van der Waals surface area (Å²) in [6.07, 6.45) is 2.17. The van der Waals surface area contributed by atoms with Crippen molar-refractivity contribution in [3.63, 3.8) is 0 Å². The van der Waals surface area contributed by atoms with Crippen molar-refractivity contribution in [2.24, 2.45) is 0 Å². The number of hydrogen-bond acceptors (Lipinski definition) is 7. The normalized spacial score (nSPS) is 24.5. The third-order valence-electron chi connectivity index (χ3n) is 6.58. The predicted octanol–water partition coefficient (Wildman–Crippen LogP) is 2.09. The molecule has 1 aromatic heterocycles. The molecule has 2 unspecified atom stereocenters. The van der Waals surface area contributed by atoms with Crippen molar-refractivity contribution in [2.75, 3.05) is 31.1 Å². The molecule has 3 aliphatic rings. The van der Waals surface area contributed by atoms with Crippen LogP contribution in [0.4, 0.5) is 10.2 Å². The molecule has 0 spiro atoms. The van der Waals surface area contributed by atoms with Gasteiger partial charge in [0.1, 0.15) is 11.6 Å². The van der Waals surface area contributed by atoms with E-state index in [4.69, 9.17) is 12.6 Å². The van der Waals surface area contributed by atoms with E-state index in [9.17, 15) is 14.0 Å². The van der Waals surface area contributed by atoms with Gasteiger partial charge in [-0.3, -0.25) is 24.7 Å². The molecular formula is C23H26FN5O2S. The summed E-state index contributed by atoms with van der Waals surface area (Å²) in [5, 5.41) is 2.31. The van der Waals surface area contributed by atoms with Crippen LogP contribution in [0.3, 0.4) is 0 Å². The lowest BCUT2D eigenvalue weighted by Gasteiger charge is -2.35. The third kappa shape index (κ3) is 4.24. The van der Waals surface area contributed by atoms with Gasteiger partial charge in [0.05, 0.1) is 17.6 Å². The Labute approximate surface area is 192 Å². The number of imide groups is 1. The number of nitrogens with zero attached hydrogens (tertiary/aromatic N) is 4. The van der Waals surface area contributed by atoms with Gasteiger partial charge >= 0.3 is 0 Å². The molecule has 3 aliphatic heterocycles. The summed E-state index contributed by atoms with van der Waals surface area (Å²) < 4.78 is 13.1. The summed E-state index contributed by atoms with van der Waals surface area (Å²) >= 11 is 4.77. The summed E-state index contributed by atoms with van der Waals surface area (Å²) in [5.74, 6) is 0.0821. The highest BCUT2D eigenvalue weighted by Gasteiger charge is 2.39. The van der Waals surface area contributed by atoms with Gasteiger partial charge in [-0.05, 0) is 35.2 Å². The van der Waals surface area contributed by atoms with Crippen LogP contribution in [-0.2, 0) is 22.7 Å². The van der Waals surface area contributed by atoms with Crippen LogP contribution in [0, 0.1) is 5.82 Å². The Hall–Kier alpha value is -2.49. The molecule has 32 heavy (non-hydrogen) atoms. The Morgan fingerprint density at radius 3 is 2.66 bits per heavy atom. The highest BCUT2D eigenvalue weighted by molar-refractivity contribution is 7.80. The van der Waals surface area contributed by atoms with Crippen molar-refractivity contribution >= 4 is 30.3 Å². The predicted molar refractivity (Wildman–Crippen MR) is 122 cm³/mol. The second-order valence-electron chi connectivity index (χ2n) is 8.64. The molecule has 2 saturated heterocycles. The molecule has 0 saturated carbocycles. The molecule has 5 rings (SSSR count). The van der Waals surface area contributed by atoms with E-state index >= 15 is 0 Å². The van der Waals surface area contributed by atoms with Crippen molar-refractivity contribution in [3.05, 3.63) is 59.0 Å². The van der Waals surface area contributed by atoms with Crippen LogP contribution in [0.5, 0.6) is 0 Å². The first-order valence-corrected chi connectivity index (χ1v) is 11.5. The Bertz CT molecular complexity index is 1030. The SMILES string of the molecule is O=C1CCC(N2Cc3cc(CN4CCN(c5ccc(F)cn5)CC4)ccc3C2S)C(=O)N1. The average Bonchev–Trinajstić information content (AvgIpc) is 3.10. The van der Waals surface area contributed by atoms with Crippen molar-refractivity contribution in [1.29, 1.82) is 0 Å². The van der Waals surface area contributed by atoms with E-state index < -0.39 is 0 Å². The molecule has 168 valence electrons. The molecule has 9 heteroatoms. The Morgan fingerprint density at radius 1 is 1.12 bits per heavy atom. The molecule has 0 bridgehead atoms. The maximum atomic E-state index is 13.1. The topological polar surface area (TPSA) is 68.8 Å². The largest absolute Gasteiger partial charge is 0.354 e. The number of amides is 2. The maximum Gasteiger partial charge on any atom is 0.243 e. The van der Waals surface area contributed by atoms with E-state index in [2.05, 4.69) is 43.2 Å². The van der Waals surface area contributed by atoms with E-state index in [1.165, 1.54) is 23.4 Å². The number of fused-ring (bicyclic) bond motifs is 1. The minimum Gasteiger partial charge on any atom is -0.354 e. The second kappa shape index (κ2) is 8.80. The Morgan fingerprint density at radius 2 is 1.94 bits per heavy atom.